The molecule has 36 heavy (non-hydrogen) atoms. The summed E-state index contributed by atoms with van der Waals surface area (Å²) in [4.78, 5) is 15.9. The van der Waals surface area contributed by atoms with Gasteiger partial charge < -0.3 is 13.8 Å². The Bertz CT molecular complexity index is 1440. The predicted molar refractivity (Wildman–Crippen MR) is 115 cm³/mol. The van der Waals surface area contributed by atoms with E-state index in [1.807, 2.05) is 10.6 Å². The molecule has 0 bridgehead atoms. The van der Waals surface area contributed by atoms with Crippen molar-refractivity contribution < 1.29 is 40.4 Å². The Morgan fingerprint density at radius 3 is 2.36 bits per heavy atom. The molecule has 3 heterocycles. The molecular formula is C24H17F6N3O3. The Balaban J connectivity index is 1.54. The third kappa shape index (κ3) is 4.31. The van der Waals surface area contributed by atoms with Crippen molar-refractivity contribution >= 4 is 16.9 Å². The van der Waals surface area contributed by atoms with Gasteiger partial charge in [0.15, 0.2) is 0 Å². The number of alkyl halides is 6. The first kappa shape index (κ1) is 23.9. The van der Waals surface area contributed by atoms with Gasteiger partial charge in [0, 0.05) is 28.4 Å². The number of fused-ring (bicyclic) bond motifs is 3. The van der Waals surface area contributed by atoms with Gasteiger partial charge in [-0.1, -0.05) is 17.3 Å². The Morgan fingerprint density at radius 2 is 1.72 bits per heavy atom. The second kappa shape index (κ2) is 8.38. The van der Waals surface area contributed by atoms with E-state index in [1.54, 1.807) is 18.2 Å². The number of carbonyl (C=O) groups excluding carboxylic acids is 1. The largest absolute Gasteiger partial charge is 0.469 e. The molecule has 0 saturated heterocycles. The first-order valence-corrected chi connectivity index (χ1v) is 10.8. The molecule has 12 heteroatoms. The minimum Gasteiger partial charge on any atom is -0.469 e. The van der Waals surface area contributed by atoms with Crippen molar-refractivity contribution in [3.05, 3.63) is 59.3 Å². The number of hydrogen-bond donors (Lipinski definition) is 0. The van der Waals surface area contributed by atoms with E-state index in [1.165, 1.54) is 7.11 Å². The fourth-order valence-corrected chi connectivity index (χ4v) is 4.49. The molecule has 1 aliphatic rings. The van der Waals surface area contributed by atoms with Gasteiger partial charge in [0.2, 0.25) is 5.82 Å². The molecule has 0 spiro atoms. The third-order valence-corrected chi connectivity index (χ3v) is 6.17. The lowest BCUT2D eigenvalue weighted by Crippen LogP contribution is -2.11. The molecule has 0 saturated carbocycles. The van der Waals surface area contributed by atoms with Gasteiger partial charge in [-0.2, -0.15) is 31.3 Å². The van der Waals surface area contributed by atoms with Crippen LogP contribution in [0.4, 0.5) is 26.3 Å². The first-order valence-electron chi connectivity index (χ1n) is 10.8. The number of aromatic nitrogens is 3. The normalized spacial score (nSPS) is 15.9. The van der Waals surface area contributed by atoms with Crippen LogP contribution in [-0.2, 0) is 28.3 Å². The summed E-state index contributed by atoms with van der Waals surface area (Å²) in [5.41, 5.74) is -1.18. The maximum atomic E-state index is 13.2. The molecule has 2 aromatic carbocycles. The average molecular weight is 509 g/mol. The zero-order valence-corrected chi connectivity index (χ0v) is 18.6. The van der Waals surface area contributed by atoms with Crippen LogP contribution in [0.15, 0.2) is 47.0 Å². The lowest BCUT2D eigenvalue weighted by atomic mass is 10.0. The van der Waals surface area contributed by atoms with Crippen molar-refractivity contribution in [2.75, 3.05) is 7.11 Å². The van der Waals surface area contributed by atoms with Crippen molar-refractivity contribution in [2.45, 2.75) is 37.7 Å². The van der Waals surface area contributed by atoms with Gasteiger partial charge in [0.05, 0.1) is 24.7 Å². The molecule has 188 valence electrons. The van der Waals surface area contributed by atoms with Crippen LogP contribution >= 0.6 is 0 Å². The maximum absolute atomic E-state index is 13.2. The second-order valence-electron chi connectivity index (χ2n) is 8.47. The fourth-order valence-electron chi connectivity index (χ4n) is 4.49. The number of nitrogens with zero attached hydrogens (tertiary/aromatic N) is 3. The molecule has 0 N–H and O–H groups in total. The van der Waals surface area contributed by atoms with Gasteiger partial charge in [0.25, 0.3) is 5.89 Å². The SMILES string of the molecule is COC(=O)CC1CCc2cc3ccc(-c4noc(-c5cc(C(F)(F)F)cc(C(F)(F)F)c5)n4)cc3n21. The van der Waals surface area contributed by atoms with Crippen molar-refractivity contribution in [2.24, 2.45) is 0 Å². The van der Waals surface area contributed by atoms with Crippen molar-refractivity contribution in [1.29, 1.82) is 0 Å². The number of benzene rings is 2. The summed E-state index contributed by atoms with van der Waals surface area (Å²) < 4.78 is 91.2. The van der Waals surface area contributed by atoms with E-state index in [0.29, 0.717) is 17.7 Å². The Kier molecular flexibility index (Phi) is 5.56. The molecule has 1 atom stereocenters. The van der Waals surface area contributed by atoms with Crippen LogP contribution in [0.2, 0.25) is 0 Å². The number of ether oxygens (including phenoxy) is 1. The Morgan fingerprint density at radius 1 is 1.03 bits per heavy atom. The molecule has 2 aromatic heterocycles. The number of rotatable bonds is 4. The van der Waals surface area contributed by atoms with Gasteiger partial charge >= 0.3 is 18.3 Å². The molecule has 1 aliphatic heterocycles. The molecule has 1 unspecified atom stereocenters. The summed E-state index contributed by atoms with van der Waals surface area (Å²) in [5, 5.41) is 4.68. The van der Waals surface area contributed by atoms with Crippen LogP contribution in [0.1, 0.15) is 35.7 Å². The molecule has 4 aromatic rings. The molecule has 0 aliphatic carbocycles. The standard InChI is InChI=1S/C24H17F6N3O3/c1-35-20(34)11-18-5-4-17-8-12-2-3-13(9-19(12)33(17)18)21-31-22(36-32-21)14-6-15(23(25,26)27)10-16(7-14)24(28,29)30/h2-3,6-10,18H,4-5,11H2,1H3. The van der Waals surface area contributed by atoms with E-state index >= 15 is 0 Å². The molecule has 0 amide bonds. The van der Waals surface area contributed by atoms with Crippen molar-refractivity contribution in [1.82, 2.24) is 14.7 Å². The number of halogens is 6. The Labute approximate surface area is 199 Å². The van der Waals surface area contributed by atoms with Crippen molar-refractivity contribution in [3.63, 3.8) is 0 Å². The summed E-state index contributed by atoms with van der Waals surface area (Å²) in [6, 6.07) is 8.22. The number of methoxy groups -OCH3 is 1. The molecule has 5 rings (SSSR count). The minimum atomic E-state index is -5.00. The van der Waals surface area contributed by atoms with Crippen LogP contribution in [0, 0.1) is 0 Å². The highest BCUT2D eigenvalue weighted by atomic mass is 19.4. The number of hydrogen-bond acceptors (Lipinski definition) is 5. The molecular weight excluding hydrogens is 492 g/mol. The molecule has 0 radical (unpaired) electrons. The zero-order chi connectivity index (χ0) is 25.8. The van der Waals surface area contributed by atoms with Crippen LogP contribution in [-0.4, -0.2) is 27.8 Å². The van der Waals surface area contributed by atoms with Crippen LogP contribution in [0.25, 0.3) is 33.7 Å². The summed E-state index contributed by atoms with van der Waals surface area (Å²) in [5.74, 6) is -0.824. The monoisotopic (exact) mass is 509 g/mol. The summed E-state index contributed by atoms with van der Waals surface area (Å²) in [7, 11) is 1.32. The summed E-state index contributed by atoms with van der Waals surface area (Å²) in [6.45, 7) is 0. The van der Waals surface area contributed by atoms with E-state index in [4.69, 9.17) is 9.26 Å². The summed E-state index contributed by atoms with van der Waals surface area (Å²) in [6.07, 6.45) is -8.27. The van der Waals surface area contributed by atoms with Crippen LogP contribution < -0.4 is 0 Å². The highest BCUT2D eigenvalue weighted by molar-refractivity contribution is 5.86. The van der Waals surface area contributed by atoms with Crippen LogP contribution in [0.5, 0.6) is 0 Å². The lowest BCUT2D eigenvalue weighted by Gasteiger charge is -2.14. The topological polar surface area (TPSA) is 70.2 Å². The van der Waals surface area contributed by atoms with E-state index in [-0.39, 0.29) is 30.3 Å². The average Bonchev–Trinajstić information content (AvgIpc) is 3.53. The second-order valence-corrected chi connectivity index (χ2v) is 8.47. The predicted octanol–water partition coefficient (Wildman–Crippen LogP) is 6.45. The zero-order valence-electron chi connectivity index (χ0n) is 18.6. The van der Waals surface area contributed by atoms with E-state index in [9.17, 15) is 31.1 Å². The number of aryl methyl sites for hydroxylation is 1. The van der Waals surface area contributed by atoms with Gasteiger partial charge in [-0.05, 0) is 48.6 Å². The molecule has 6 nitrogen and oxygen atoms in total. The van der Waals surface area contributed by atoms with E-state index in [2.05, 4.69) is 10.1 Å². The molecule has 0 fully saturated rings. The lowest BCUT2D eigenvalue weighted by molar-refractivity contribution is -0.143. The van der Waals surface area contributed by atoms with Crippen molar-refractivity contribution in [3.8, 4) is 22.8 Å². The number of esters is 1. The van der Waals surface area contributed by atoms with Gasteiger partial charge in [-0.25, -0.2) is 0 Å². The smallest absolute Gasteiger partial charge is 0.416 e. The maximum Gasteiger partial charge on any atom is 0.416 e. The highest BCUT2D eigenvalue weighted by Crippen LogP contribution is 2.39. The fraction of sp³-hybridized carbons (Fsp3) is 0.292. The van der Waals surface area contributed by atoms with Gasteiger partial charge in [-0.15, -0.1) is 0 Å². The van der Waals surface area contributed by atoms with E-state index < -0.39 is 34.9 Å². The highest BCUT2D eigenvalue weighted by Gasteiger charge is 2.37. The van der Waals surface area contributed by atoms with Gasteiger partial charge in [-0.3, -0.25) is 4.79 Å². The number of carbonyl (C=O) groups is 1. The van der Waals surface area contributed by atoms with E-state index in [0.717, 1.165) is 29.4 Å². The van der Waals surface area contributed by atoms with Gasteiger partial charge in [0.1, 0.15) is 0 Å². The quantitative estimate of drug-likeness (QED) is 0.234. The van der Waals surface area contributed by atoms with Crippen LogP contribution in [0.3, 0.4) is 0 Å². The third-order valence-electron chi connectivity index (χ3n) is 6.17. The first-order chi connectivity index (χ1) is 16.9. The Hall–Kier alpha value is -3.83. The summed E-state index contributed by atoms with van der Waals surface area (Å²) >= 11 is 0. The minimum absolute atomic E-state index is 0.00376.